The maximum absolute atomic E-state index is 14.0. The number of hydrogen-bond donors (Lipinski definition) is 1. The second kappa shape index (κ2) is 7.30. The molecule has 4 unspecified atom stereocenters. The summed E-state index contributed by atoms with van der Waals surface area (Å²) in [6.07, 6.45) is -2.60. The van der Waals surface area contributed by atoms with Gasteiger partial charge in [0.25, 0.3) is 0 Å². The van der Waals surface area contributed by atoms with E-state index in [-0.39, 0.29) is 22.7 Å². The number of carbonyl (C=O) groups excluding carboxylic acids is 3. The highest BCUT2D eigenvalue weighted by molar-refractivity contribution is 6.36. The number of halogens is 4. The van der Waals surface area contributed by atoms with Gasteiger partial charge in [0.15, 0.2) is 0 Å². The van der Waals surface area contributed by atoms with Crippen LogP contribution in [0.4, 0.5) is 24.5 Å². The van der Waals surface area contributed by atoms with Crippen LogP contribution in [0.2, 0.25) is 5.02 Å². The lowest BCUT2D eigenvalue weighted by atomic mass is 9.75. The van der Waals surface area contributed by atoms with Gasteiger partial charge in [-0.05, 0) is 55.6 Å². The quantitative estimate of drug-likeness (QED) is 0.619. The van der Waals surface area contributed by atoms with Gasteiger partial charge >= 0.3 is 6.18 Å². The maximum atomic E-state index is 14.0. The van der Waals surface area contributed by atoms with Crippen molar-refractivity contribution in [1.29, 1.82) is 0 Å². The van der Waals surface area contributed by atoms with Crippen LogP contribution in [0.5, 0.6) is 0 Å². The highest BCUT2D eigenvalue weighted by Crippen LogP contribution is 2.61. The predicted molar refractivity (Wildman–Crippen MR) is 122 cm³/mol. The number of amides is 3. The minimum atomic E-state index is -4.68. The van der Waals surface area contributed by atoms with Crippen molar-refractivity contribution in [2.75, 3.05) is 16.8 Å². The first kappa shape index (κ1) is 22.5. The molecule has 2 aromatic carbocycles. The molecule has 1 spiro atoms. The van der Waals surface area contributed by atoms with Crippen LogP contribution in [0.1, 0.15) is 36.5 Å². The third-order valence-corrected chi connectivity index (χ3v) is 8.30. The molecule has 0 bridgehead atoms. The van der Waals surface area contributed by atoms with Crippen molar-refractivity contribution in [2.45, 2.75) is 43.9 Å². The van der Waals surface area contributed by atoms with Crippen LogP contribution in [0.15, 0.2) is 36.4 Å². The molecule has 182 valence electrons. The number of fused-ring (bicyclic) bond motifs is 7. The number of imide groups is 1. The Morgan fingerprint density at radius 2 is 1.89 bits per heavy atom. The molecule has 4 atom stereocenters. The monoisotopic (exact) mass is 503 g/mol. The molecule has 35 heavy (non-hydrogen) atoms. The Kier molecular flexibility index (Phi) is 4.70. The summed E-state index contributed by atoms with van der Waals surface area (Å²) < 4.78 is 40.3. The van der Waals surface area contributed by atoms with Crippen molar-refractivity contribution < 1.29 is 27.6 Å². The van der Waals surface area contributed by atoms with E-state index < -0.39 is 40.9 Å². The van der Waals surface area contributed by atoms with E-state index in [9.17, 15) is 27.6 Å². The normalized spacial score (nSPS) is 29.7. The summed E-state index contributed by atoms with van der Waals surface area (Å²) in [5.74, 6) is -3.58. The molecular weight excluding hydrogens is 483 g/mol. The molecule has 1 N–H and O–H groups in total. The average molecular weight is 504 g/mol. The first-order valence-electron chi connectivity index (χ1n) is 11.6. The molecular formula is C25H21ClF3N3O3. The lowest BCUT2D eigenvalue weighted by Crippen LogP contribution is -2.54. The van der Waals surface area contributed by atoms with E-state index in [0.29, 0.717) is 30.6 Å². The Bertz CT molecular complexity index is 1310. The second-order valence-electron chi connectivity index (χ2n) is 9.54. The summed E-state index contributed by atoms with van der Waals surface area (Å²) in [6.45, 7) is 2.53. The molecule has 4 aliphatic rings. The largest absolute Gasteiger partial charge is 0.416 e. The molecule has 4 heterocycles. The summed E-state index contributed by atoms with van der Waals surface area (Å²) in [5, 5.41) is 2.76. The fourth-order valence-corrected chi connectivity index (χ4v) is 6.77. The predicted octanol–water partition coefficient (Wildman–Crippen LogP) is 4.35. The lowest BCUT2D eigenvalue weighted by molar-refractivity contribution is -0.137. The summed E-state index contributed by atoms with van der Waals surface area (Å²) in [5.41, 5.74) is -0.473. The van der Waals surface area contributed by atoms with E-state index in [1.807, 2.05) is 30.0 Å². The van der Waals surface area contributed by atoms with E-state index in [0.717, 1.165) is 35.1 Å². The van der Waals surface area contributed by atoms with Gasteiger partial charge in [-0.2, -0.15) is 13.2 Å². The first-order chi connectivity index (χ1) is 16.6. The zero-order valence-electron chi connectivity index (χ0n) is 18.7. The van der Waals surface area contributed by atoms with Crippen LogP contribution in [-0.4, -0.2) is 35.2 Å². The maximum Gasteiger partial charge on any atom is 0.416 e. The van der Waals surface area contributed by atoms with Gasteiger partial charge in [-0.25, -0.2) is 4.90 Å². The average Bonchev–Trinajstić information content (AvgIpc) is 3.51. The number of alkyl halides is 3. The van der Waals surface area contributed by atoms with E-state index >= 15 is 0 Å². The van der Waals surface area contributed by atoms with Gasteiger partial charge in [0, 0.05) is 17.3 Å². The Labute approximate surface area is 204 Å². The summed E-state index contributed by atoms with van der Waals surface area (Å²) in [6, 6.07) is 7.83. The zero-order chi connectivity index (χ0) is 24.9. The van der Waals surface area contributed by atoms with E-state index in [4.69, 9.17) is 11.6 Å². The molecule has 10 heteroatoms. The Morgan fingerprint density at radius 1 is 1.11 bits per heavy atom. The molecule has 0 saturated carbocycles. The molecule has 6 nitrogen and oxygen atoms in total. The summed E-state index contributed by atoms with van der Waals surface area (Å²) >= 11 is 6.22. The highest BCUT2D eigenvalue weighted by atomic mass is 35.5. The van der Waals surface area contributed by atoms with Gasteiger partial charge in [0.05, 0.1) is 28.1 Å². The minimum Gasteiger partial charge on any atom is -0.324 e. The van der Waals surface area contributed by atoms with Crippen LogP contribution in [0, 0.1) is 11.8 Å². The van der Waals surface area contributed by atoms with Gasteiger partial charge in [-0.3, -0.25) is 19.3 Å². The van der Waals surface area contributed by atoms with E-state index in [2.05, 4.69) is 5.32 Å². The summed E-state index contributed by atoms with van der Waals surface area (Å²) in [7, 11) is 0. The number of benzene rings is 2. The van der Waals surface area contributed by atoms with Gasteiger partial charge in [-0.15, -0.1) is 0 Å². The second-order valence-corrected chi connectivity index (χ2v) is 9.94. The summed E-state index contributed by atoms with van der Waals surface area (Å²) in [4.78, 5) is 44.1. The fourth-order valence-electron chi connectivity index (χ4n) is 6.57. The van der Waals surface area contributed by atoms with Crippen LogP contribution < -0.4 is 10.2 Å². The van der Waals surface area contributed by atoms with Crippen LogP contribution >= 0.6 is 11.6 Å². The molecule has 3 fully saturated rings. The molecule has 3 saturated heterocycles. The van der Waals surface area contributed by atoms with Crippen LogP contribution in [0.25, 0.3) is 0 Å². The number of nitrogens with one attached hydrogen (secondary N) is 1. The number of carbonyl (C=O) groups is 3. The third kappa shape index (κ3) is 2.79. The lowest BCUT2D eigenvalue weighted by Gasteiger charge is -2.37. The van der Waals surface area contributed by atoms with E-state index in [1.165, 1.54) is 0 Å². The molecule has 3 amide bonds. The first-order valence-corrected chi connectivity index (χ1v) is 11.9. The molecule has 4 aliphatic heterocycles. The van der Waals surface area contributed by atoms with Crippen molar-refractivity contribution in [1.82, 2.24) is 4.90 Å². The molecule has 0 aliphatic carbocycles. The third-order valence-electron chi connectivity index (χ3n) is 7.98. The molecule has 6 rings (SSSR count). The Morgan fingerprint density at radius 3 is 2.60 bits per heavy atom. The smallest absolute Gasteiger partial charge is 0.324 e. The van der Waals surface area contributed by atoms with Crippen molar-refractivity contribution in [3.63, 3.8) is 0 Å². The minimum absolute atomic E-state index is 0.137. The topological polar surface area (TPSA) is 69.7 Å². The Hall–Kier alpha value is -2.91. The highest BCUT2D eigenvalue weighted by Gasteiger charge is 2.74. The van der Waals surface area contributed by atoms with Crippen LogP contribution in [-0.2, 0) is 32.5 Å². The zero-order valence-corrected chi connectivity index (χ0v) is 19.4. The number of nitrogens with zero attached hydrogens (tertiary/aromatic N) is 2. The number of anilines is 2. The Balaban J connectivity index is 1.54. The van der Waals surface area contributed by atoms with Crippen molar-refractivity contribution in [2.24, 2.45) is 11.8 Å². The van der Waals surface area contributed by atoms with Crippen molar-refractivity contribution >= 4 is 40.7 Å². The number of rotatable bonds is 2. The van der Waals surface area contributed by atoms with Crippen LogP contribution in [0.3, 0.4) is 0 Å². The van der Waals surface area contributed by atoms with Gasteiger partial charge < -0.3 is 5.32 Å². The number of hydrogen-bond acceptors (Lipinski definition) is 4. The van der Waals surface area contributed by atoms with Gasteiger partial charge in [0.1, 0.15) is 5.54 Å². The fraction of sp³-hybridized carbons (Fsp3) is 0.400. The van der Waals surface area contributed by atoms with Gasteiger partial charge in [0.2, 0.25) is 17.7 Å². The standard InChI is InChI=1S/C25H21ClF3N3O3/c1-2-12-5-8-16-14(10-12)24(23(35)30-16)20-19(17-4-3-9-31(17)24)21(33)32(22(20)34)18-11-13(25(27,28)29)6-7-15(18)26/h5-8,10-11,17,19-20H,2-4,9H2,1H3,(H,30,35). The SMILES string of the molecule is CCc1ccc2c(c1)C1(C(=O)N2)C2C(=O)N(c3cc(C(F)(F)F)ccc3Cl)C(=O)C2C2CCCN21. The molecule has 0 radical (unpaired) electrons. The molecule has 0 aromatic heterocycles. The molecule has 2 aromatic rings. The van der Waals surface area contributed by atoms with Crippen molar-refractivity contribution in [3.8, 4) is 0 Å². The van der Waals surface area contributed by atoms with Gasteiger partial charge in [-0.1, -0.05) is 30.7 Å². The van der Waals surface area contributed by atoms with Crippen molar-refractivity contribution in [3.05, 3.63) is 58.1 Å². The number of aryl methyl sites for hydroxylation is 1. The van der Waals surface area contributed by atoms with E-state index in [1.54, 1.807) is 0 Å².